The molecule has 0 bridgehead atoms. The molecule has 1 fully saturated rings. The van der Waals surface area contributed by atoms with Gasteiger partial charge in [-0.2, -0.15) is 4.98 Å². The van der Waals surface area contributed by atoms with E-state index in [1.807, 2.05) is 7.05 Å². The Morgan fingerprint density at radius 1 is 1.19 bits per heavy atom. The van der Waals surface area contributed by atoms with Gasteiger partial charge in [-0.25, -0.2) is 17.7 Å². The van der Waals surface area contributed by atoms with E-state index in [-0.39, 0.29) is 22.6 Å². The molecule has 1 amide bonds. The van der Waals surface area contributed by atoms with Crippen LogP contribution in [0.1, 0.15) is 40.9 Å². The summed E-state index contributed by atoms with van der Waals surface area (Å²) in [6.45, 7) is 4.45. The van der Waals surface area contributed by atoms with Crippen LogP contribution in [0.25, 0.3) is 5.52 Å². The molecule has 0 spiro atoms. The van der Waals surface area contributed by atoms with Gasteiger partial charge in [-0.05, 0) is 31.6 Å². The molecule has 2 aromatic heterocycles. The molecule has 1 atom stereocenters. The molecule has 3 heterocycles. The molecule has 4 rings (SSSR count). The summed E-state index contributed by atoms with van der Waals surface area (Å²) >= 11 is 6.05. The second kappa shape index (κ2) is 8.95. The van der Waals surface area contributed by atoms with Crippen LogP contribution in [0.4, 0.5) is 19.0 Å². The zero-order chi connectivity index (χ0) is 23.0. The van der Waals surface area contributed by atoms with Crippen LogP contribution in [0.2, 0.25) is 5.28 Å². The van der Waals surface area contributed by atoms with Crippen molar-refractivity contribution < 1.29 is 18.0 Å². The van der Waals surface area contributed by atoms with Gasteiger partial charge in [0.15, 0.2) is 5.82 Å². The lowest BCUT2D eigenvalue weighted by Crippen LogP contribution is -2.47. The number of likely N-dealkylation sites (N-methyl/N-ethyl adjacent to an activating group) is 1. The second-order valence-electron chi connectivity index (χ2n) is 7.80. The average molecular weight is 467 g/mol. The minimum absolute atomic E-state index is 0.0657. The van der Waals surface area contributed by atoms with Crippen LogP contribution in [0.15, 0.2) is 30.5 Å². The molecule has 1 aliphatic heterocycles. The maximum absolute atomic E-state index is 14.6. The number of carbonyl (C=O) groups is 1. The number of alkyl halides is 2. The van der Waals surface area contributed by atoms with E-state index in [2.05, 4.69) is 20.3 Å². The summed E-state index contributed by atoms with van der Waals surface area (Å²) in [5.41, 5.74) is 0.289. The highest BCUT2D eigenvalue weighted by molar-refractivity contribution is 6.28. The summed E-state index contributed by atoms with van der Waals surface area (Å²) in [5.74, 6) is -0.842. The first-order valence-electron chi connectivity index (χ1n) is 10.1. The molecule has 3 aromatic rings. The van der Waals surface area contributed by atoms with Crippen molar-refractivity contribution >= 4 is 28.8 Å². The van der Waals surface area contributed by atoms with Gasteiger partial charge >= 0.3 is 0 Å². The summed E-state index contributed by atoms with van der Waals surface area (Å²) in [6.07, 6.45) is -1.35. The van der Waals surface area contributed by atoms with Crippen LogP contribution in [0.3, 0.4) is 0 Å². The van der Waals surface area contributed by atoms with Crippen LogP contribution in [-0.2, 0) is 0 Å². The fraction of sp³-hybridized carbons (Fsp3) is 0.381. The second-order valence-corrected chi connectivity index (χ2v) is 8.14. The molecule has 1 N–H and O–H groups in total. The predicted octanol–water partition coefficient (Wildman–Crippen LogP) is 4.02. The van der Waals surface area contributed by atoms with Crippen LogP contribution in [0, 0.1) is 5.82 Å². The maximum atomic E-state index is 14.6. The summed E-state index contributed by atoms with van der Waals surface area (Å²) in [6, 6.07) is 4.80. The predicted molar refractivity (Wildman–Crippen MR) is 115 cm³/mol. The number of nitrogens with zero attached hydrogens (tertiary/aromatic N) is 5. The van der Waals surface area contributed by atoms with Crippen molar-refractivity contribution in [1.82, 2.24) is 24.4 Å². The standard InChI is InChI=1S/C21H22ClF3N6O/c1-12(14-4-3-5-15(17(14)23)18(24)25)26-19-16-10-13(11-31(16)28-21(22)27-19)20(32)30-8-6-29(2)7-9-30/h3-5,10-12,18H,6-9H2,1-2H3,(H,26,27,28)/t12-/m1/s1. The molecule has 0 aliphatic carbocycles. The van der Waals surface area contributed by atoms with E-state index in [0.717, 1.165) is 19.2 Å². The zero-order valence-corrected chi connectivity index (χ0v) is 18.3. The third-order valence-electron chi connectivity index (χ3n) is 5.59. The Balaban J connectivity index is 1.63. The number of fused-ring (bicyclic) bond motifs is 1. The van der Waals surface area contributed by atoms with E-state index in [4.69, 9.17) is 11.6 Å². The number of rotatable bonds is 5. The van der Waals surface area contributed by atoms with E-state index in [1.165, 1.54) is 16.6 Å². The summed E-state index contributed by atoms with van der Waals surface area (Å²) in [4.78, 5) is 21.0. The van der Waals surface area contributed by atoms with Crippen LogP contribution < -0.4 is 5.32 Å². The van der Waals surface area contributed by atoms with E-state index < -0.39 is 23.8 Å². The van der Waals surface area contributed by atoms with Gasteiger partial charge in [0.25, 0.3) is 12.3 Å². The highest BCUT2D eigenvalue weighted by Gasteiger charge is 2.24. The lowest BCUT2D eigenvalue weighted by atomic mass is 10.0. The maximum Gasteiger partial charge on any atom is 0.266 e. The lowest BCUT2D eigenvalue weighted by molar-refractivity contribution is 0.0664. The van der Waals surface area contributed by atoms with E-state index in [0.29, 0.717) is 24.2 Å². The number of halogens is 4. The molecule has 32 heavy (non-hydrogen) atoms. The molecular formula is C21H22ClF3N6O. The number of amides is 1. The lowest BCUT2D eigenvalue weighted by Gasteiger charge is -2.32. The fourth-order valence-corrected chi connectivity index (χ4v) is 3.91. The number of hydrogen-bond acceptors (Lipinski definition) is 5. The Bertz CT molecular complexity index is 1150. The fourth-order valence-electron chi connectivity index (χ4n) is 3.74. The highest BCUT2D eigenvalue weighted by Crippen LogP contribution is 2.30. The summed E-state index contributed by atoms with van der Waals surface area (Å²) < 4.78 is 42.2. The Labute approximate surface area is 187 Å². The summed E-state index contributed by atoms with van der Waals surface area (Å²) in [5, 5.41) is 7.04. The first kappa shape index (κ1) is 22.3. The van der Waals surface area contributed by atoms with Gasteiger partial charge < -0.3 is 15.1 Å². The SMILES string of the molecule is C[C@@H](Nc1nc(Cl)nn2cc(C(=O)N3CCN(C)CC3)cc12)c1cccc(C(F)F)c1F. The van der Waals surface area contributed by atoms with Gasteiger partial charge in [0, 0.05) is 37.9 Å². The monoisotopic (exact) mass is 466 g/mol. The average Bonchev–Trinajstić information content (AvgIpc) is 3.17. The van der Waals surface area contributed by atoms with E-state index in [1.54, 1.807) is 24.1 Å². The van der Waals surface area contributed by atoms with E-state index in [9.17, 15) is 18.0 Å². The Kier molecular flexibility index (Phi) is 6.25. The molecule has 0 unspecified atom stereocenters. The molecule has 0 saturated carbocycles. The van der Waals surface area contributed by atoms with Gasteiger partial charge in [-0.1, -0.05) is 18.2 Å². The van der Waals surface area contributed by atoms with Crippen molar-refractivity contribution in [2.45, 2.75) is 19.4 Å². The highest BCUT2D eigenvalue weighted by atomic mass is 35.5. The van der Waals surface area contributed by atoms with Gasteiger partial charge in [-0.3, -0.25) is 4.79 Å². The van der Waals surface area contributed by atoms with Crippen LogP contribution in [0.5, 0.6) is 0 Å². The molecule has 0 radical (unpaired) electrons. The van der Waals surface area contributed by atoms with Crippen molar-refractivity contribution in [2.75, 3.05) is 38.5 Å². The number of nitrogens with one attached hydrogen (secondary N) is 1. The molecule has 11 heteroatoms. The Hall–Kier alpha value is -2.85. The molecule has 1 saturated heterocycles. The number of anilines is 1. The first-order chi connectivity index (χ1) is 15.2. The van der Waals surface area contributed by atoms with Gasteiger partial charge in [-0.15, -0.1) is 5.10 Å². The van der Waals surface area contributed by atoms with Gasteiger partial charge in [0.1, 0.15) is 11.3 Å². The van der Waals surface area contributed by atoms with Gasteiger partial charge in [0.05, 0.1) is 17.2 Å². The Morgan fingerprint density at radius 3 is 2.56 bits per heavy atom. The summed E-state index contributed by atoms with van der Waals surface area (Å²) in [7, 11) is 2.00. The third-order valence-corrected chi connectivity index (χ3v) is 5.75. The molecule has 7 nitrogen and oxygen atoms in total. The molecule has 170 valence electrons. The van der Waals surface area contributed by atoms with Crippen molar-refractivity contribution in [1.29, 1.82) is 0 Å². The number of benzene rings is 1. The smallest absolute Gasteiger partial charge is 0.266 e. The number of hydrogen-bond donors (Lipinski definition) is 1. The van der Waals surface area contributed by atoms with E-state index >= 15 is 0 Å². The van der Waals surface area contributed by atoms with Crippen LogP contribution >= 0.6 is 11.6 Å². The number of carbonyl (C=O) groups excluding carboxylic acids is 1. The number of aromatic nitrogens is 3. The molecule has 1 aliphatic rings. The van der Waals surface area contributed by atoms with Crippen molar-refractivity contribution in [3.63, 3.8) is 0 Å². The van der Waals surface area contributed by atoms with Crippen molar-refractivity contribution in [3.8, 4) is 0 Å². The first-order valence-corrected chi connectivity index (χ1v) is 10.5. The minimum atomic E-state index is -2.92. The van der Waals surface area contributed by atoms with Crippen molar-refractivity contribution in [3.05, 3.63) is 58.3 Å². The zero-order valence-electron chi connectivity index (χ0n) is 17.5. The van der Waals surface area contributed by atoms with Gasteiger partial charge in [0.2, 0.25) is 5.28 Å². The van der Waals surface area contributed by atoms with Crippen LogP contribution in [-0.4, -0.2) is 63.5 Å². The molecular weight excluding hydrogens is 445 g/mol. The normalized spacial score (nSPS) is 16.0. The Morgan fingerprint density at radius 2 is 1.88 bits per heavy atom. The molecule has 1 aromatic carbocycles. The quantitative estimate of drug-likeness (QED) is 0.615. The van der Waals surface area contributed by atoms with Crippen molar-refractivity contribution in [2.24, 2.45) is 0 Å². The largest absolute Gasteiger partial charge is 0.362 e. The third kappa shape index (κ3) is 4.37. The minimum Gasteiger partial charge on any atom is -0.362 e. The topological polar surface area (TPSA) is 65.8 Å². The number of piperazine rings is 1.